The average Bonchev–Trinajstić information content (AvgIpc) is 2.68. The number of nitrogens with one attached hydrogen (secondary N) is 1. The lowest BCUT2D eigenvalue weighted by molar-refractivity contribution is 0.419. The van der Waals surface area contributed by atoms with Crippen molar-refractivity contribution in [3.05, 3.63) is 29.6 Å². The Morgan fingerprint density at radius 3 is 2.40 bits per heavy atom. The molecular formula is C14H21FN2O2S. The first-order chi connectivity index (χ1) is 9.55. The van der Waals surface area contributed by atoms with Gasteiger partial charge in [-0.15, -0.1) is 0 Å². The quantitative estimate of drug-likeness (QED) is 0.926. The van der Waals surface area contributed by atoms with E-state index in [9.17, 15) is 12.8 Å². The first-order valence-corrected chi connectivity index (χ1v) is 8.43. The highest BCUT2D eigenvalue weighted by Crippen LogP contribution is 2.23. The van der Waals surface area contributed by atoms with Crippen molar-refractivity contribution in [3.63, 3.8) is 0 Å². The van der Waals surface area contributed by atoms with Crippen molar-refractivity contribution < 1.29 is 12.8 Å². The standard InChI is InChI=1S/C14H21FN2O2S/c1-16-11-12-6-7-14(13(15)10-12)20(18,19)17-8-4-2-3-5-9-17/h6-7,10,16H,2-5,8-9,11H2,1H3. The lowest BCUT2D eigenvalue weighted by Gasteiger charge is -2.20. The number of halogens is 1. The summed E-state index contributed by atoms with van der Waals surface area (Å²) in [4.78, 5) is -0.209. The van der Waals surface area contributed by atoms with Crippen molar-refractivity contribution in [2.24, 2.45) is 0 Å². The van der Waals surface area contributed by atoms with E-state index in [-0.39, 0.29) is 4.90 Å². The molecule has 0 bridgehead atoms. The molecule has 1 fully saturated rings. The van der Waals surface area contributed by atoms with Crippen LogP contribution in [0.4, 0.5) is 4.39 Å². The Balaban J connectivity index is 2.28. The van der Waals surface area contributed by atoms with Gasteiger partial charge in [0.25, 0.3) is 0 Å². The summed E-state index contributed by atoms with van der Waals surface area (Å²) in [6.45, 7) is 1.49. The Morgan fingerprint density at radius 2 is 1.85 bits per heavy atom. The van der Waals surface area contributed by atoms with E-state index >= 15 is 0 Å². The number of sulfonamides is 1. The predicted octanol–water partition coefficient (Wildman–Crippen LogP) is 2.11. The van der Waals surface area contributed by atoms with Gasteiger partial charge >= 0.3 is 0 Å². The molecule has 1 heterocycles. The molecule has 0 radical (unpaired) electrons. The summed E-state index contributed by atoms with van der Waals surface area (Å²) < 4.78 is 40.5. The van der Waals surface area contributed by atoms with Crippen LogP contribution in [0.3, 0.4) is 0 Å². The SMILES string of the molecule is CNCc1ccc(S(=O)(=O)N2CCCCCC2)c(F)c1. The molecule has 1 aromatic carbocycles. The molecule has 1 N–H and O–H groups in total. The minimum absolute atomic E-state index is 0.209. The smallest absolute Gasteiger partial charge is 0.245 e. The third-order valence-electron chi connectivity index (χ3n) is 3.56. The Labute approximate surface area is 120 Å². The van der Waals surface area contributed by atoms with E-state index in [1.54, 1.807) is 13.1 Å². The molecule has 0 spiro atoms. The maximum absolute atomic E-state index is 14.1. The van der Waals surface area contributed by atoms with Gasteiger partial charge in [0.2, 0.25) is 10.0 Å². The molecule has 0 unspecified atom stereocenters. The molecule has 1 aliphatic heterocycles. The second kappa shape index (κ2) is 6.65. The fourth-order valence-corrected chi connectivity index (χ4v) is 4.05. The first kappa shape index (κ1) is 15.4. The highest BCUT2D eigenvalue weighted by Gasteiger charge is 2.27. The fourth-order valence-electron chi connectivity index (χ4n) is 2.49. The average molecular weight is 300 g/mol. The molecular weight excluding hydrogens is 279 g/mol. The molecule has 2 rings (SSSR count). The normalized spacial score (nSPS) is 17.9. The maximum Gasteiger partial charge on any atom is 0.245 e. The Hall–Kier alpha value is -0.980. The van der Waals surface area contributed by atoms with Crippen LogP contribution in [0.5, 0.6) is 0 Å². The van der Waals surface area contributed by atoms with Crippen molar-refractivity contribution in [1.29, 1.82) is 0 Å². The molecule has 1 saturated heterocycles. The first-order valence-electron chi connectivity index (χ1n) is 6.99. The van der Waals surface area contributed by atoms with Crippen LogP contribution in [0.25, 0.3) is 0 Å². The van der Waals surface area contributed by atoms with Crippen LogP contribution in [-0.4, -0.2) is 32.9 Å². The minimum atomic E-state index is -3.71. The zero-order valence-electron chi connectivity index (χ0n) is 11.7. The van der Waals surface area contributed by atoms with E-state index in [1.807, 2.05) is 0 Å². The molecule has 6 heteroatoms. The van der Waals surface area contributed by atoms with Crippen molar-refractivity contribution in [2.45, 2.75) is 37.1 Å². The Bertz CT molecular complexity index is 552. The molecule has 4 nitrogen and oxygen atoms in total. The van der Waals surface area contributed by atoms with Gasteiger partial charge in [-0.25, -0.2) is 12.8 Å². The van der Waals surface area contributed by atoms with Crippen LogP contribution < -0.4 is 5.32 Å². The van der Waals surface area contributed by atoms with Gasteiger partial charge in [-0.05, 0) is 37.6 Å². The van der Waals surface area contributed by atoms with Crippen LogP contribution >= 0.6 is 0 Å². The number of rotatable bonds is 4. The second-order valence-electron chi connectivity index (χ2n) is 5.11. The maximum atomic E-state index is 14.1. The number of benzene rings is 1. The van der Waals surface area contributed by atoms with Gasteiger partial charge in [-0.1, -0.05) is 18.9 Å². The third kappa shape index (κ3) is 3.37. The lowest BCUT2D eigenvalue weighted by atomic mass is 10.2. The predicted molar refractivity (Wildman–Crippen MR) is 76.4 cm³/mol. The molecule has 1 aliphatic rings. The Morgan fingerprint density at radius 1 is 1.20 bits per heavy atom. The van der Waals surface area contributed by atoms with E-state index in [4.69, 9.17) is 0 Å². The van der Waals surface area contributed by atoms with E-state index in [1.165, 1.54) is 16.4 Å². The van der Waals surface area contributed by atoms with Crippen LogP contribution in [0, 0.1) is 5.82 Å². The third-order valence-corrected chi connectivity index (χ3v) is 5.49. The van der Waals surface area contributed by atoms with Gasteiger partial charge in [0.15, 0.2) is 0 Å². The van der Waals surface area contributed by atoms with E-state index in [2.05, 4.69) is 5.32 Å². The highest BCUT2D eigenvalue weighted by molar-refractivity contribution is 7.89. The van der Waals surface area contributed by atoms with Crippen LogP contribution in [0.1, 0.15) is 31.2 Å². The summed E-state index contributed by atoms with van der Waals surface area (Å²) in [7, 11) is -1.95. The molecule has 112 valence electrons. The second-order valence-corrected chi connectivity index (χ2v) is 7.02. The molecule has 0 aromatic heterocycles. The van der Waals surface area contributed by atoms with Crippen LogP contribution in [-0.2, 0) is 16.6 Å². The summed E-state index contributed by atoms with van der Waals surface area (Å²) >= 11 is 0. The van der Waals surface area contributed by atoms with Crippen molar-refractivity contribution in [2.75, 3.05) is 20.1 Å². The molecule has 0 saturated carbocycles. The summed E-state index contributed by atoms with van der Waals surface area (Å²) in [5.41, 5.74) is 0.736. The van der Waals surface area contributed by atoms with Crippen molar-refractivity contribution >= 4 is 10.0 Å². The molecule has 0 aliphatic carbocycles. The summed E-state index contributed by atoms with van der Waals surface area (Å²) in [6, 6.07) is 4.33. The molecule has 1 aromatic rings. The molecule has 0 amide bonds. The van der Waals surface area contributed by atoms with E-state index in [0.717, 1.165) is 31.2 Å². The van der Waals surface area contributed by atoms with Gasteiger partial charge in [-0.3, -0.25) is 0 Å². The van der Waals surface area contributed by atoms with Gasteiger partial charge in [-0.2, -0.15) is 4.31 Å². The Kier molecular flexibility index (Phi) is 5.12. The van der Waals surface area contributed by atoms with E-state index in [0.29, 0.717) is 19.6 Å². The van der Waals surface area contributed by atoms with Gasteiger partial charge < -0.3 is 5.32 Å². The number of hydrogen-bond donors (Lipinski definition) is 1. The van der Waals surface area contributed by atoms with E-state index < -0.39 is 15.8 Å². The zero-order valence-corrected chi connectivity index (χ0v) is 12.5. The molecule has 0 atom stereocenters. The van der Waals surface area contributed by atoms with Crippen molar-refractivity contribution in [1.82, 2.24) is 9.62 Å². The number of nitrogens with zero attached hydrogens (tertiary/aromatic N) is 1. The lowest BCUT2D eigenvalue weighted by Crippen LogP contribution is -2.32. The van der Waals surface area contributed by atoms with Gasteiger partial charge in [0, 0.05) is 19.6 Å². The summed E-state index contributed by atoms with van der Waals surface area (Å²) in [5, 5.41) is 2.91. The van der Waals surface area contributed by atoms with Crippen LogP contribution in [0.2, 0.25) is 0 Å². The highest BCUT2D eigenvalue weighted by atomic mass is 32.2. The fraction of sp³-hybridized carbons (Fsp3) is 0.571. The molecule has 20 heavy (non-hydrogen) atoms. The monoisotopic (exact) mass is 300 g/mol. The zero-order chi connectivity index (χ0) is 14.6. The van der Waals surface area contributed by atoms with Gasteiger partial charge in [0.05, 0.1) is 0 Å². The van der Waals surface area contributed by atoms with Crippen LogP contribution in [0.15, 0.2) is 23.1 Å². The van der Waals surface area contributed by atoms with Gasteiger partial charge in [0.1, 0.15) is 10.7 Å². The number of hydrogen-bond acceptors (Lipinski definition) is 3. The topological polar surface area (TPSA) is 49.4 Å². The minimum Gasteiger partial charge on any atom is -0.316 e. The largest absolute Gasteiger partial charge is 0.316 e. The summed E-state index contributed by atoms with van der Waals surface area (Å²) in [6.07, 6.45) is 3.77. The summed E-state index contributed by atoms with van der Waals surface area (Å²) in [5.74, 6) is -0.665. The van der Waals surface area contributed by atoms with Crippen molar-refractivity contribution in [3.8, 4) is 0 Å².